The highest BCUT2D eigenvalue weighted by molar-refractivity contribution is 6.76. The zero-order valence-corrected chi connectivity index (χ0v) is 22.6. The zero-order valence-electron chi connectivity index (χ0n) is 25.6. The molecular formula is C33H30BN5O. The van der Waals surface area contributed by atoms with Gasteiger partial charge in [0.25, 0.3) is 0 Å². The lowest BCUT2D eigenvalue weighted by Gasteiger charge is -2.27. The molecule has 7 rings (SSSR count). The summed E-state index contributed by atoms with van der Waals surface area (Å²) < 4.78 is 33.3. The molecular weight excluding hydrogens is 493 g/mol. The molecule has 6 nitrogen and oxygen atoms in total. The maximum Gasteiger partial charge on any atom is 0.413 e. The van der Waals surface area contributed by atoms with E-state index in [2.05, 4.69) is 73.2 Å². The second kappa shape index (κ2) is 9.16. The van der Waals surface area contributed by atoms with Crippen molar-refractivity contribution in [2.45, 2.75) is 26.2 Å². The Balaban J connectivity index is 1.26. The van der Waals surface area contributed by atoms with Gasteiger partial charge in [-0.3, -0.25) is 0 Å². The van der Waals surface area contributed by atoms with Gasteiger partial charge < -0.3 is 23.5 Å². The molecule has 0 aliphatic carbocycles. The normalized spacial score (nSPS) is 15.6. The number of benzene rings is 3. The van der Waals surface area contributed by atoms with Gasteiger partial charge in [-0.05, 0) is 59.7 Å². The van der Waals surface area contributed by atoms with Crippen LogP contribution in [-0.2, 0) is 12.4 Å². The van der Waals surface area contributed by atoms with Crippen LogP contribution in [0.5, 0.6) is 11.5 Å². The van der Waals surface area contributed by atoms with Crippen molar-refractivity contribution in [1.29, 1.82) is 0 Å². The van der Waals surface area contributed by atoms with Gasteiger partial charge in [-0.15, -0.1) is 0 Å². The summed E-state index contributed by atoms with van der Waals surface area (Å²) in [6.07, 6.45) is 11.1. The van der Waals surface area contributed by atoms with Crippen molar-refractivity contribution in [3.05, 3.63) is 121 Å². The van der Waals surface area contributed by atoms with E-state index in [1.165, 1.54) is 10.1 Å². The van der Waals surface area contributed by atoms with Gasteiger partial charge in [0.2, 0.25) is 6.33 Å². The standard InChI is InChI=1S/C33H30BN5O/c1-33(2,3)24-16-18-35-32(20-24)39-31-22-27(14-15-30(31)38-19-8-7-17-34(38)39)40-26-11-9-10-25(21-26)37-23-36(4)28-12-5-6-13-29(28)37/h5-22H,1-4H3/i4D3. The number of allylic oxidation sites excluding steroid dienone is 2. The van der Waals surface area contributed by atoms with E-state index in [-0.39, 0.29) is 12.4 Å². The van der Waals surface area contributed by atoms with Crippen molar-refractivity contribution in [3.8, 4) is 17.2 Å². The molecule has 0 unspecified atom stereocenters. The van der Waals surface area contributed by atoms with Crippen LogP contribution < -0.4 is 18.9 Å². The number of ether oxygens (including phenoxy) is 1. The largest absolute Gasteiger partial charge is 0.458 e. The molecule has 7 heteroatoms. The maximum absolute atomic E-state index is 7.97. The molecule has 0 spiro atoms. The first-order valence-electron chi connectivity index (χ1n) is 14.8. The predicted octanol–water partition coefficient (Wildman–Crippen LogP) is 6.81. The molecule has 0 saturated carbocycles. The van der Waals surface area contributed by atoms with E-state index in [0.29, 0.717) is 17.0 Å². The summed E-state index contributed by atoms with van der Waals surface area (Å²) in [7, 11) is 0. The van der Waals surface area contributed by atoms with Crippen molar-refractivity contribution in [1.82, 2.24) is 9.55 Å². The van der Waals surface area contributed by atoms with Crippen LogP contribution in [0.2, 0.25) is 0 Å². The van der Waals surface area contributed by atoms with Gasteiger partial charge in [-0.25, -0.2) is 4.98 Å². The highest BCUT2D eigenvalue weighted by Crippen LogP contribution is 2.46. The van der Waals surface area contributed by atoms with Gasteiger partial charge in [0.05, 0.1) is 39.2 Å². The number of nitrogens with zero attached hydrogens (tertiary/aromatic N) is 5. The Labute approximate surface area is 239 Å². The van der Waals surface area contributed by atoms with Crippen LogP contribution in [0.15, 0.2) is 109 Å². The molecule has 2 aromatic heterocycles. The minimum absolute atomic E-state index is 0.0105. The van der Waals surface area contributed by atoms with Gasteiger partial charge in [0.1, 0.15) is 17.3 Å². The van der Waals surface area contributed by atoms with E-state index in [1.54, 1.807) is 10.6 Å². The Morgan fingerprint density at radius 3 is 2.67 bits per heavy atom. The molecule has 0 N–H and O–H groups in total. The molecule has 0 bridgehead atoms. The van der Waals surface area contributed by atoms with E-state index in [1.807, 2.05) is 66.9 Å². The summed E-state index contributed by atoms with van der Waals surface area (Å²) in [6.45, 7) is 4.22. The monoisotopic (exact) mass is 526 g/mol. The third-order valence-corrected chi connectivity index (χ3v) is 7.41. The van der Waals surface area contributed by atoms with E-state index >= 15 is 0 Å². The van der Waals surface area contributed by atoms with Crippen LogP contribution in [0.1, 0.15) is 30.4 Å². The van der Waals surface area contributed by atoms with Crippen molar-refractivity contribution < 1.29 is 13.4 Å². The quantitative estimate of drug-likeness (QED) is 0.147. The number of hydrogen-bond donors (Lipinski definition) is 0. The van der Waals surface area contributed by atoms with Gasteiger partial charge in [0.15, 0.2) is 0 Å². The zero-order chi connectivity index (χ0) is 29.9. The van der Waals surface area contributed by atoms with Crippen molar-refractivity contribution >= 4 is 35.2 Å². The van der Waals surface area contributed by atoms with E-state index in [0.717, 1.165) is 28.4 Å². The highest BCUT2D eigenvalue weighted by atomic mass is 16.5. The topological polar surface area (TPSA) is 37.4 Å². The summed E-state index contributed by atoms with van der Waals surface area (Å²) in [6, 6.07) is 25.3. The second-order valence-electron chi connectivity index (χ2n) is 11.1. The molecule has 3 aromatic carbocycles. The van der Waals surface area contributed by atoms with E-state index in [4.69, 9.17) is 13.8 Å². The first kappa shape index (κ1) is 21.1. The molecule has 40 heavy (non-hydrogen) atoms. The number of para-hydroxylation sites is 2. The predicted molar refractivity (Wildman–Crippen MR) is 161 cm³/mol. The molecule has 2 aliphatic heterocycles. The molecule has 0 atom stereocenters. The minimum Gasteiger partial charge on any atom is -0.458 e. The molecule has 0 saturated heterocycles. The summed E-state index contributed by atoms with van der Waals surface area (Å²) in [4.78, 5) is 9.25. The van der Waals surface area contributed by atoms with Crippen LogP contribution in [0.4, 0.5) is 17.2 Å². The number of anilines is 3. The van der Waals surface area contributed by atoms with Crippen LogP contribution in [0.3, 0.4) is 0 Å². The lowest BCUT2D eigenvalue weighted by atomic mass is 9.71. The third-order valence-electron chi connectivity index (χ3n) is 7.41. The average molecular weight is 526 g/mol. The Bertz CT molecular complexity index is 1920. The van der Waals surface area contributed by atoms with Gasteiger partial charge in [-0.2, -0.15) is 0 Å². The first-order valence-corrected chi connectivity index (χ1v) is 13.3. The number of imidazole rings is 1. The molecule has 5 aromatic rings. The van der Waals surface area contributed by atoms with Crippen LogP contribution in [0, 0.1) is 6.33 Å². The van der Waals surface area contributed by atoms with Crippen molar-refractivity contribution in [2.24, 2.45) is 6.98 Å². The Kier molecular flexibility index (Phi) is 4.83. The fraction of sp³-hybridized carbons (Fsp3) is 0.152. The fourth-order valence-corrected chi connectivity index (χ4v) is 5.39. The highest BCUT2D eigenvalue weighted by Gasteiger charge is 2.40. The lowest BCUT2D eigenvalue weighted by molar-refractivity contribution is -0.649. The number of pyridine rings is 1. The summed E-state index contributed by atoms with van der Waals surface area (Å²) in [5, 5.41) is 0. The Morgan fingerprint density at radius 1 is 0.925 bits per heavy atom. The SMILES string of the molecule is [2H]C([2H])([2H])[n+]1[c-]n(-c2cccc(Oc3ccc4c(c3)N(c3cc(C(C)(C)C)ccn3)B3C=CC=CN34)c2)c2ccccc21. The van der Waals surface area contributed by atoms with Crippen LogP contribution >= 0.6 is 0 Å². The fourth-order valence-electron chi connectivity index (χ4n) is 5.39. The average Bonchev–Trinajstić information content (AvgIpc) is 3.53. The molecule has 2 aliphatic rings. The third kappa shape index (κ3) is 4.06. The molecule has 4 heterocycles. The Hall–Kier alpha value is -4.78. The molecule has 196 valence electrons. The number of aryl methyl sites for hydroxylation is 1. The van der Waals surface area contributed by atoms with Crippen LogP contribution in [0.25, 0.3) is 16.7 Å². The summed E-state index contributed by atoms with van der Waals surface area (Å²) in [5.74, 6) is 4.34. The number of aromatic nitrogens is 3. The summed E-state index contributed by atoms with van der Waals surface area (Å²) in [5.41, 5.74) is 5.34. The maximum atomic E-state index is 7.97. The van der Waals surface area contributed by atoms with Gasteiger partial charge in [0, 0.05) is 12.3 Å². The van der Waals surface area contributed by atoms with Gasteiger partial charge in [-0.1, -0.05) is 69.2 Å². The Morgan fingerprint density at radius 2 is 1.80 bits per heavy atom. The number of rotatable bonds is 4. The minimum atomic E-state index is -2.35. The molecule has 0 fully saturated rings. The van der Waals surface area contributed by atoms with Crippen molar-refractivity contribution in [2.75, 3.05) is 9.62 Å². The van der Waals surface area contributed by atoms with Crippen LogP contribution in [-0.4, -0.2) is 16.5 Å². The van der Waals surface area contributed by atoms with E-state index in [9.17, 15) is 0 Å². The number of fused-ring (bicyclic) bond motifs is 4. The molecule has 0 radical (unpaired) electrons. The first-order chi connectivity index (χ1) is 20.6. The van der Waals surface area contributed by atoms with E-state index < -0.39 is 6.98 Å². The number of hydrogen-bond acceptors (Lipinski definition) is 4. The van der Waals surface area contributed by atoms with Crippen molar-refractivity contribution in [3.63, 3.8) is 0 Å². The molecule has 0 amide bonds. The smallest absolute Gasteiger partial charge is 0.413 e. The van der Waals surface area contributed by atoms with Gasteiger partial charge >= 0.3 is 6.98 Å². The lowest BCUT2D eigenvalue weighted by Crippen LogP contribution is -2.43. The second-order valence-corrected chi connectivity index (χ2v) is 11.1. The summed E-state index contributed by atoms with van der Waals surface area (Å²) >= 11 is 0.